The first-order valence-electron chi connectivity index (χ1n) is 7.38. The minimum atomic E-state index is -0.346. The molecular weight excluding hydrogens is 304 g/mol. The molecule has 0 saturated heterocycles. The Morgan fingerprint density at radius 1 is 1.17 bits per heavy atom. The van der Waals surface area contributed by atoms with E-state index in [9.17, 15) is 4.79 Å². The van der Waals surface area contributed by atoms with Crippen molar-refractivity contribution < 1.29 is 4.74 Å². The summed E-state index contributed by atoms with van der Waals surface area (Å²) < 4.78 is 8.29. The number of aryl methyl sites for hydroxylation is 2. The average molecular weight is 320 g/mol. The molecule has 24 heavy (non-hydrogen) atoms. The van der Waals surface area contributed by atoms with E-state index in [4.69, 9.17) is 11.2 Å². The molecule has 6 heteroatoms. The summed E-state index contributed by atoms with van der Waals surface area (Å²) in [5.74, 6) is 3.40. The predicted octanol–water partition coefficient (Wildman–Crippen LogP) is 1.83. The number of para-hydroxylation sites is 1. The van der Waals surface area contributed by atoms with Gasteiger partial charge < -0.3 is 4.74 Å². The molecule has 0 amide bonds. The summed E-state index contributed by atoms with van der Waals surface area (Å²) in [4.78, 5) is 12.2. The first kappa shape index (κ1) is 15.6. The standard InChI is InChI=1S/C18H16N4O2/c1-4-14-9-7-10-16(22-18(23)21(3)19-20-22)15(14)12-24-17-11-6-5-8-13(17)2/h1,5-11H,12H2,2-3H3. The zero-order valence-corrected chi connectivity index (χ0v) is 13.4. The molecule has 120 valence electrons. The number of nitrogens with zero attached hydrogens (tertiary/aromatic N) is 4. The zero-order valence-electron chi connectivity index (χ0n) is 13.4. The summed E-state index contributed by atoms with van der Waals surface area (Å²) in [5, 5.41) is 7.63. The van der Waals surface area contributed by atoms with E-state index < -0.39 is 0 Å². The van der Waals surface area contributed by atoms with Crippen LogP contribution in [-0.4, -0.2) is 19.8 Å². The molecule has 0 N–H and O–H groups in total. The highest BCUT2D eigenvalue weighted by Gasteiger charge is 2.14. The fourth-order valence-electron chi connectivity index (χ4n) is 2.39. The summed E-state index contributed by atoms with van der Waals surface area (Å²) in [7, 11) is 1.54. The lowest BCUT2D eigenvalue weighted by Gasteiger charge is -2.13. The van der Waals surface area contributed by atoms with Crippen molar-refractivity contribution in [3.05, 3.63) is 69.6 Å². The molecule has 0 radical (unpaired) electrons. The molecule has 0 saturated carbocycles. The predicted molar refractivity (Wildman–Crippen MR) is 90.0 cm³/mol. The van der Waals surface area contributed by atoms with Gasteiger partial charge in [-0.25, -0.2) is 4.79 Å². The molecule has 3 rings (SSSR count). The normalized spacial score (nSPS) is 10.4. The van der Waals surface area contributed by atoms with Crippen LogP contribution in [0.5, 0.6) is 5.75 Å². The van der Waals surface area contributed by atoms with Crippen LogP contribution in [0.3, 0.4) is 0 Å². The van der Waals surface area contributed by atoms with Crippen molar-refractivity contribution in [3.63, 3.8) is 0 Å². The number of hydrogen-bond donors (Lipinski definition) is 0. The number of aromatic nitrogens is 4. The van der Waals surface area contributed by atoms with Crippen LogP contribution in [0.4, 0.5) is 0 Å². The van der Waals surface area contributed by atoms with Gasteiger partial charge in [0.25, 0.3) is 0 Å². The average Bonchev–Trinajstić information content (AvgIpc) is 2.93. The van der Waals surface area contributed by atoms with Gasteiger partial charge in [0, 0.05) is 18.2 Å². The maximum Gasteiger partial charge on any atom is 0.368 e. The molecule has 1 aromatic heterocycles. The minimum Gasteiger partial charge on any atom is -0.489 e. The van der Waals surface area contributed by atoms with E-state index >= 15 is 0 Å². The van der Waals surface area contributed by atoms with Gasteiger partial charge in [0.1, 0.15) is 12.4 Å². The molecule has 1 heterocycles. The first-order chi connectivity index (χ1) is 11.6. The second kappa shape index (κ2) is 6.42. The Balaban J connectivity index is 2.03. The number of ether oxygens (including phenoxy) is 1. The van der Waals surface area contributed by atoms with E-state index in [1.54, 1.807) is 25.2 Å². The second-order valence-electron chi connectivity index (χ2n) is 5.30. The lowest BCUT2D eigenvalue weighted by atomic mass is 10.1. The van der Waals surface area contributed by atoms with Crippen LogP contribution in [0.25, 0.3) is 5.69 Å². The molecule has 0 spiro atoms. The van der Waals surface area contributed by atoms with E-state index in [0.717, 1.165) is 16.0 Å². The van der Waals surface area contributed by atoms with Crippen molar-refractivity contribution in [2.24, 2.45) is 7.05 Å². The molecule has 0 bridgehead atoms. The van der Waals surface area contributed by atoms with E-state index in [2.05, 4.69) is 16.3 Å². The summed E-state index contributed by atoms with van der Waals surface area (Å²) in [6.07, 6.45) is 5.61. The summed E-state index contributed by atoms with van der Waals surface area (Å²) in [5.41, 5.74) is 2.61. The maximum atomic E-state index is 12.2. The number of tetrazole rings is 1. The number of hydrogen-bond acceptors (Lipinski definition) is 4. The Kier molecular flexibility index (Phi) is 4.17. The fourth-order valence-corrected chi connectivity index (χ4v) is 2.39. The lowest BCUT2D eigenvalue weighted by Crippen LogP contribution is -2.23. The topological polar surface area (TPSA) is 61.9 Å². The van der Waals surface area contributed by atoms with Crippen LogP contribution >= 0.6 is 0 Å². The van der Waals surface area contributed by atoms with Gasteiger partial charge in [-0.3, -0.25) is 0 Å². The van der Waals surface area contributed by atoms with Crippen molar-refractivity contribution in [2.75, 3.05) is 0 Å². The Bertz CT molecular complexity index is 979. The van der Waals surface area contributed by atoms with Gasteiger partial charge in [-0.15, -0.1) is 6.42 Å². The maximum absolute atomic E-state index is 12.2. The molecule has 2 aromatic carbocycles. The third kappa shape index (κ3) is 2.79. The van der Waals surface area contributed by atoms with Crippen LogP contribution in [0.15, 0.2) is 47.3 Å². The summed E-state index contributed by atoms with van der Waals surface area (Å²) in [6, 6.07) is 13.1. The lowest BCUT2D eigenvalue weighted by molar-refractivity contribution is 0.303. The molecule has 6 nitrogen and oxygen atoms in total. The Hall–Kier alpha value is -3.33. The molecule has 0 atom stereocenters. The Labute approximate surface area is 139 Å². The largest absolute Gasteiger partial charge is 0.489 e. The SMILES string of the molecule is C#Cc1cccc(-n2nnn(C)c2=O)c1COc1ccccc1C. The van der Waals surface area contributed by atoms with E-state index in [1.807, 2.05) is 31.2 Å². The van der Waals surface area contributed by atoms with Crippen LogP contribution < -0.4 is 10.4 Å². The smallest absolute Gasteiger partial charge is 0.368 e. The van der Waals surface area contributed by atoms with Gasteiger partial charge in [0.2, 0.25) is 0 Å². The third-order valence-corrected chi connectivity index (χ3v) is 3.72. The zero-order chi connectivity index (χ0) is 17.1. The fraction of sp³-hybridized carbons (Fsp3) is 0.167. The summed E-state index contributed by atoms with van der Waals surface area (Å²) in [6.45, 7) is 2.19. The molecule has 0 unspecified atom stereocenters. The first-order valence-corrected chi connectivity index (χ1v) is 7.38. The van der Waals surface area contributed by atoms with Gasteiger partial charge in [-0.2, -0.15) is 9.36 Å². The van der Waals surface area contributed by atoms with Crippen LogP contribution in [0, 0.1) is 19.3 Å². The highest BCUT2D eigenvalue weighted by Crippen LogP contribution is 2.22. The van der Waals surface area contributed by atoms with Crippen molar-refractivity contribution in [1.82, 2.24) is 19.8 Å². The minimum absolute atomic E-state index is 0.226. The molecule has 0 fully saturated rings. The molecular formula is C18H16N4O2. The van der Waals surface area contributed by atoms with Crippen LogP contribution in [-0.2, 0) is 13.7 Å². The molecule has 0 aliphatic heterocycles. The van der Waals surface area contributed by atoms with Gasteiger partial charge in [0.15, 0.2) is 0 Å². The van der Waals surface area contributed by atoms with Crippen molar-refractivity contribution in [2.45, 2.75) is 13.5 Å². The highest BCUT2D eigenvalue weighted by molar-refractivity contribution is 5.51. The van der Waals surface area contributed by atoms with Crippen molar-refractivity contribution in [3.8, 4) is 23.8 Å². The van der Waals surface area contributed by atoms with E-state index in [1.165, 1.54) is 4.68 Å². The number of rotatable bonds is 4. The van der Waals surface area contributed by atoms with Crippen molar-refractivity contribution >= 4 is 0 Å². The van der Waals surface area contributed by atoms with Crippen molar-refractivity contribution in [1.29, 1.82) is 0 Å². The highest BCUT2D eigenvalue weighted by atomic mass is 16.5. The van der Waals surface area contributed by atoms with Gasteiger partial charge in [-0.05, 0) is 41.1 Å². The number of benzene rings is 2. The van der Waals surface area contributed by atoms with Gasteiger partial charge in [0.05, 0.1) is 5.69 Å². The number of terminal acetylenes is 1. The van der Waals surface area contributed by atoms with Gasteiger partial charge >= 0.3 is 5.69 Å². The molecule has 0 aliphatic rings. The van der Waals surface area contributed by atoms with Gasteiger partial charge in [-0.1, -0.05) is 30.2 Å². The van der Waals surface area contributed by atoms with E-state index in [0.29, 0.717) is 16.8 Å². The molecule has 0 aliphatic carbocycles. The van der Waals surface area contributed by atoms with Crippen LogP contribution in [0.1, 0.15) is 16.7 Å². The monoisotopic (exact) mass is 320 g/mol. The second-order valence-corrected chi connectivity index (χ2v) is 5.30. The quantitative estimate of drug-likeness (QED) is 0.688. The Morgan fingerprint density at radius 3 is 2.62 bits per heavy atom. The molecule has 3 aromatic rings. The van der Waals surface area contributed by atoms with E-state index in [-0.39, 0.29) is 12.3 Å². The summed E-state index contributed by atoms with van der Waals surface area (Å²) >= 11 is 0. The van der Waals surface area contributed by atoms with Crippen LogP contribution in [0.2, 0.25) is 0 Å². The Morgan fingerprint density at radius 2 is 1.96 bits per heavy atom. The third-order valence-electron chi connectivity index (χ3n) is 3.72.